The van der Waals surface area contributed by atoms with E-state index in [1.54, 1.807) is 24.7 Å². The largest absolute Gasteiger partial charge is 0.462 e. The first-order chi connectivity index (χ1) is 14.9. The number of rotatable bonds is 6. The predicted molar refractivity (Wildman–Crippen MR) is 123 cm³/mol. The molecule has 2 saturated carbocycles. The zero-order valence-corrected chi connectivity index (χ0v) is 18.7. The summed E-state index contributed by atoms with van der Waals surface area (Å²) in [4.78, 5) is 25.1. The van der Waals surface area contributed by atoms with Crippen LogP contribution in [0.5, 0.6) is 0 Å². The van der Waals surface area contributed by atoms with Gasteiger partial charge in [0, 0.05) is 29.7 Å². The van der Waals surface area contributed by atoms with Crippen LogP contribution >= 0.6 is 0 Å². The molecule has 1 N–H and O–H groups in total. The normalized spacial score (nSPS) is 27.8. The Balaban J connectivity index is 1.61. The maximum Gasteiger partial charge on any atom is 0.338 e. The van der Waals surface area contributed by atoms with Crippen molar-refractivity contribution in [2.45, 2.75) is 58.4 Å². The minimum Gasteiger partial charge on any atom is -0.462 e. The third-order valence-corrected chi connectivity index (χ3v) is 6.50. The molecule has 2 fully saturated rings. The van der Waals surface area contributed by atoms with E-state index in [0.29, 0.717) is 12.2 Å². The summed E-state index contributed by atoms with van der Waals surface area (Å²) in [6.07, 6.45) is 13.0. The molecule has 2 unspecified atom stereocenters. The molecule has 31 heavy (non-hydrogen) atoms. The van der Waals surface area contributed by atoms with Gasteiger partial charge in [0.25, 0.3) is 0 Å². The fraction of sp³-hybridized carbons (Fsp3) is 0.520. The van der Waals surface area contributed by atoms with Gasteiger partial charge in [0.15, 0.2) is 0 Å². The minimum absolute atomic E-state index is 0.0271. The van der Waals surface area contributed by atoms with Crippen LogP contribution in [0.4, 0.5) is 11.4 Å². The first-order valence-corrected chi connectivity index (χ1v) is 11.3. The summed E-state index contributed by atoms with van der Waals surface area (Å²) in [6, 6.07) is 5.58. The molecule has 1 aromatic carbocycles. The van der Waals surface area contributed by atoms with E-state index in [1.165, 1.54) is 38.4 Å². The first-order valence-electron chi connectivity index (χ1n) is 11.3. The number of benzene rings is 1. The summed E-state index contributed by atoms with van der Waals surface area (Å²) in [7, 11) is 0. The molecular weight excluding hydrogens is 388 g/mol. The van der Waals surface area contributed by atoms with Crippen molar-refractivity contribution in [2.24, 2.45) is 22.7 Å². The highest BCUT2D eigenvalue weighted by Gasteiger charge is 2.41. The third kappa shape index (κ3) is 5.30. The number of carbonyl (C=O) groups is 1. The molecule has 6 heteroatoms. The number of hydrogen-bond acceptors (Lipinski definition) is 6. The standard InChI is InChI=1S/C25H32N4O2/c1-4-31-24(30)21-5-6-22(23(10-21)28-15-20-13-26-16-27-14-20)29-25(3)11-18-7-17(2)8-19(9-18)12-25/h5-6,10,13-19,29H,4,7-9,11-12H2,1-3H3. The summed E-state index contributed by atoms with van der Waals surface area (Å²) in [5.41, 5.74) is 3.00. The highest BCUT2D eigenvalue weighted by Crippen LogP contribution is 2.48. The lowest BCUT2D eigenvalue weighted by molar-refractivity contribution is 0.0526. The average molecular weight is 421 g/mol. The molecule has 2 aliphatic rings. The van der Waals surface area contributed by atoms with Crippen LogP contribution in [0, 0.1) is 17.8 Å². The van der Waals surface area contributed by atoms with Crippen molar-refractivity contribution >= 4 is 23.6 Å². The Morgan fingerprint density at radius 2 is 1.94 bits per heavy atom. The van der Waals surface area contributed by atoms with Crippen molar-refractivity contribution in [3.63, 3.8) is 0 Å². The zero-order chi connectivity index (χ0) is 21.8. The number of anilines is 1. The van der Waals surface area contributed by atoms with Gasteiger partial charge in [-0.05, 0) is 81.9 Å². The van der Waals surface area contributed by atoms with Gasteiger partial charge in [-0.25, -0.2) is 14.8 Å². The molecule has 1 aromatic heterocycles. The van der Waals surface area contributed by atoms with Crippen LogP contribution in [0.15, 0.2) is 41.9 Å². The maximum absolute atomic E-state index is 12.3. The summed E-state index contributed by atoms with van der Waals surface area (Å²) in [5.74, 6) is 2.07. The van der Waals surface area contributed by atoms with Gasteiger partial charge >= 0.3 is 5.97 Å². The molecule has 2 aromatic rings. The highest BCUT2D eigenvalue weighted by molar-refractivity contribution is 5.93. The number of aromatic nitrogens is 2. The summed E-state index contributed by atoms with van der Waals surface area (Å²) in [6.45, 7) is 6.88. The van der Waals surface area contributed by atoms with Gasteiger partial charge in [0.1, 0.15) is 6.33 Å². The first kappa shape index (κ1) is 21.5. The molecule has 2 bridgehead atoms. The van der Waals surface area contributed by atoms with E-state index in [9.17, 15) is 4.79 Å². The Morgan fingerprint density at radius 3 is 2.61 bits per heavy atom. The fourth-order valence-corrected chi connectivity index (χ4v) is 5.62. The molecule has 0 spiro atoms. The zero-order valence-electron chi connectivity index (χ0n) is 18.7. The fourth-order valence-electron chi connectivity index (χ4n) is 5.62. The van der Waals surface area contributed by atoms with Gasteiger partial charge in [0.2, 0.25) is 0 Å². The van der Waals surface area contributed by atoms with Gasteiger partial charge in [0.05, 0.1) is 23.5 Å². The van der Waals surface area contributed by atoms with E-state index in [4.69, 9.17) is 4.74 Å². The van der Waals surface area contributed by atoms with E-state index in [2.05, 4.69) is 34.1 Å². The maximum atomic E-state index is 12.3. The number of carbonyl (C=O) groups excluding carboxylic acids is 1. The topological polar surface area (TPSA) is 76.5 Å². The van der Waals surface area contributed by atoms with Crippen molar-refractivity contribution in [3.8, 4) is 0 Å². The SMILES string of the molecule is CCOC(=O)c1ccc(NC2(C)CC3CC(C)CC(C3)C2)c(N=Cc2cncnc2)c1. The second kappa shape index (κ2) is 9.16. The second-order valence-corrected chi connectivity index (χ2v) is 9.52. The van der Waals surface area contributed by atoms with E-state index in [1.807, 2.05) is 19.1 Å². The summed E-state index contributed by atoms with van der Waals surface area (Å²) < 4.78 is 5.18. The highest BCUT2D eigenvalue weighted by atomic mass is 16.5. The van der Waals surface area contributed by atoms with Crippen LogP contribution in [-0.2, 0) is 4.74 Å². The molecule has 0 radical (unpaired) electrons. The molecule has 4 rings (SSSR count). The van der Waals surface area contributed by atoms with Crippen molar-refractivity contribution in [3.05, 3.63) is 48.0 Å². The number of hydrogen-bond donors (Lipinski definition) is 1. The molecule has 6 nitrogen and oxygen atoms in total. The number of nitrogens with zero attached hydrogens (tertiary/aromatic N) is 3. The number of aliphatic imine (C=N–C) groups is 1. The van der Waals surface area contributed by atoms with Gasteiger partial charge < -0.3 is 10.1 Å². The lowest BCUT2D eigenvalue weighted by Crippen LogP contribution is -2.45. The molecule has 2 aliphatic carbocycles. The molecule has 1 heterocycles. The lowest BCUT2D eigenvalue weighted by Gasteiger charge is -2.48. The smallest absolute Gasteiger partial charge is 0.338 e. The van der Waals surface area contributed by atoms with Crippen LogP contribution in [0.1, 0.15) is 68.8 Å². The van der Waals surface area contributed by atoms with E-state index >= 15 is 0 Å². The number of nitrogens with one attached hydrogen (secondary N) is 1. The van der Waals surface area contributed by atoms with E-state index in [0.717, 1.165) is 34.7 Å². The Morgan fingerprint density at radius 1 is 1.23 bits per heavy atom. The second-order valence-electron chi connectivity index (χ2n) is 9.52. The molecule has 0 amide bonds. The molecular formula is C25H32N4O2. The predicted octanol–water partition coefficient (Wildman–Crippen LogP) is 5.42. The van der Waals surface area contributed by atoms with Gasteiger partial charge in [-0.1, -0.05) is 6.92 Å². The van der Waals surface area contributed by atoms with Gasteiger partial charge in [-0.2, -0.15) is 0 Å². The molecule has 0 aliphatic heterocycles. The minimum atomic E-state index is -0.332. The van der Waals surface area contributed by atoms with Crippen LogP contribution in [0.3, 0.4) is 0 Å². The van der Waals surface area contributed by atoms with Crippen LogP contribution < -0.4 is 5.32 Å². The number of fused-ring (bicyclic) bond motifs is 2. The van der Waals surface area contributed by atoms with Crippen LogP contribution in [0.25, 0.3) is 0 Å². The molecule has 2 atom stereocenters. The van der Waals surface area contributed by atoms with Gasteiger partial charge in [-0.15, -0.1) is 0 Å². The summed E-state index contributed by atoms with van der Waals surface area (Å²) >= 11 is 0. The van der Waals surface area contributed by atoms with Crippen LogP contribution in [-0.4, -0.2) is 34.3 Å². The molecule has 0 saturated heterocycles. The van der Waals surface area contributed by atoms with Crippen molar-refractivity contribution < 1.29 is 9.53 Å². The monoisotopic (exact) mass is 420 g/mol. The average Bonchev–Trinajstić information content (AvgIpc) is 2.72. The van der Waals surface area contributed by atoms with Crippen molar-refractivity contribution in [1.29, 1.82) is 0 Å². The Labute approximate surface area is 184 Å². The van der Waals surface area contributed by atoms with Crippen LogP contribution in [0.2, 0.25) is 0 Å². The van der Waals surface area contributed by atoms with Crippen molar-refractivity contribution in [1.82, 2.24) is 9.97 Å². The van der Waals surface area contributed by atoms with E-state index < -0.39 is 0 Å². The Bertz CT molecular complexity index is 926. The van der Waals surface area contributed by atoms with Gasteiger partial charge in [-0.3, -0.25) is 4.99 Å². The lowest BCUT2D eigenvalue weighted by atomic mass is 9.62. The van der Waals surface area contributed by atoms with E-state index in [-0.39, 0.29) is 11.5 Å². The van der Waals surface area contributed by atoms with Crippen molar-refractivity contribution in [2.75, 3.05) is 11.9 Å². The number of ether oxygens (including phenoxy) is 1. The summed E-state index contributed by atoms with van der Waals surface area (Å²) in [5, 5.41) is 3.81. The Hall–Kier alpha value is -2.76. The number of esters is 1. The third-order valence-electron chi connectivity index (χ3n) is 6.50. The Kier molecular flexibility index (Phi) is 6.35. The molecule has 164 valence electrons. The quantitative estimate of drug-likeness (QED) is 0.499.